The second kappa shape index (κ2) is 6.05. The summed E-state index contributed by atoms with van der Waals surface area (Å²) in [6, 6.07) is 10.2. The summed E-state index contributed by atoms with van der Waals surface area (Å²) in [5, 5.41) is 0. The third-order valence-electron chi connectivity index (χ3n) is 7.20. The monoisotopic (exact) mass is 423 g/mol. The lowest BCUT2D eigenvalue weighted by molar-refractivity contribution is -0.113. The highest BCUT2D eigenvalue weighted by molar-refractivity contribution is 6.02. The lowest BCUT2D eigenvalue weighted by atomic mass is 9.84. The van der Waals surface area contributed by atoms with Crippen molar-refractivity contribution in [2.75, 3.05) is 13.1 Å². The number of amides is 1. The molecule has 1 spiro atoms. The van der Waals surface area contributed by atoms with E-state index in [2.05, 4.69) is 18.2 Å². The minimum absolute atomic E-state index is 0.352. The molecule has 1 amide bonds. The van der Waals surface area contributed by atoms with Gasteiger partial charge in [0.2, 0.25) is 0 Å². The molecule has 0 saturated carbocycles. The highest BCUT2D eigenvalue weighted by Gasteiger charge is 2.48. The predicted octanol–water partition coefficient (Wildman–Crippen LogP) is 4.14. The molecule has 1 aliphatic carbocycles. The fraction of sp³-hybridized carbons (Fsp3) is 0.417. The van der Waals surface area contributed by atoms with Gasteiger partial charge in [-0.15, -0.1) is 0 Å². The van der Waals surface area contributed by atoms with Gasteiger partial charge >= 0.3 is 0 Å². The van der Waals surface area contributed by atoms with Gasteiger partial charge in [-0.2, -0.15) is 0 Å². The number of hydrogen-bond donors (Lipinski definition) is 0. The molecule has 1 unspecified atom stereocenters. The largest absolute Gasteiger partial charge is 0.480 e. The number of rotatable bonds is 1. The number of nitrogens with zero attached hydrogens (tertiary/aromatic N) is 3. The predicted molar refractivity (Wildman–Crippen MR) is 112 cm³/mol. The van der Waals surface area contributed by atoms with Crippen molar-refractivity contribution in [2.45, 2.75) is 44.1 Å². The number of carbonyl (C=O) groups excluding carboxylic acids is 1. The number of alkyl halides is 2. The Balaban J connectivity index is 1.51. The molecule has 1 aromatic heterocycles. The van der Waals surface area contributed by atoms with Crippen molar-refractivity contribution in [3.8, 4) is 5.75 Å². The minimum atomic E-state index is -2.79. The molecule has 7 heteroatoms. The van der Waals surface area contributed by atoms with Gasteiger partial charge in [0, 0.05) is 18.2 Å². The summed E-state index contributed by atoms with van der Waals surface area (Å²) >= 11 is 0. The lowest BCUT2D eigenvalue weighted by Gasteiger charge is -2.40. The summed E-state index contributed by atoms with van der Waals surface area (Å²) in [6.07, 6.45) is 3.25. The Labute approximate surface area is 178 Å². The van der Waals surface area contributed by atoms with Gasteiger partial charge in [-0.3, -0.25) is 4.79 Å². The molecule has 31 heavy (non-hydrogen) atoms. The first-order chi connectivity index (χ1) is 14.8. The van der Waals surface area contributed by atoms with E-state index in [0.29, 0.717) is 17.7 Å². The number of halogens is 2. The Morgan fingerprint density at radius 3 is 2.68 bits per heavy atom. The van der Waals surface area contributed by atoms with Crippen LogP contribution in [0.1, 0.15) is 45.7 Å². The zero-order valence-corrected chi connectivity index (χ0v) is 17.5. The second-order valence-electron chi connectivity index (χ2n) is 9.09. The third-order valence-corrected chi connectivity index (χ3v) is 7.20. The van der Waals surface area contributed by atoms with Crippen molar-refractivity contribution in [3.05, 3.63) is 58.4 Å². The van der Waals surface area contributed by atoms with Gasteiger partial charge in [0.15, 0.2) is 5.75 Å². The molecule has 6 rings (SSSR count). The van der Waals surface area contributed by atoms with Crippen LogP contribution in [-0.2, 0) is 25.5 Å². The van der Waals surface area contributed by atoms with Gasteiger partial charge in [0.1, 0.15) is 16.9 Å². The number of aromatic nitrogens is 2. The van der Waals surface area contributed by atoms with Crippen LogP contribution in [0.2, 0.25) is 0 Å². The Kier molecular flexibility index (Phi) is 3.67. The van der Waals surface area contributed by atoms with Gasteiger partial charge in [-0.25, -0.2) is 13.8 Å². The molecule has 0 radical (unpaired) electrons. The molecule has 1 saturated heterocycles. The quantitative estimate of drug-likeness (QED) is 0.591. The topological polar surface area (TPSA) is 47.4 Å². The lowest BCUT2D eigenvalue weighted by Crippen LogP contribution is -2.58. The van der Waals surface area contributed by atoms with Gasteiger partial charge in [-0.05, 0) is 49.8 Å². The summed E-state index contributed by atoms with van der Waals surface area (Å²) in [4.78, 5) is 19.1. The van der Waals surface area contributed by atoms with E-state index in [1.165, 1.54) is 16.0 Å². The van der Waals surface area contributed by atoms with Gasteiger partial charge in [-0.1, -0.05) is 24.3 Å². The van der Waals surface area contributed by atoms with E-state index in [-0.39, 0.29) is 5.91 Å². The fourth-order valence-corrected chi connectivity index (χ4v) is 5.42. The first-order valence-corrected chi connectivity index (χ1v) is 10.7. The fourth-order valence-electron chi connectivity index (χ4n) is 5.42. The third kappa shape index (κ3) is 2.58. The van der Waals surface area contributed by atoms with E-state index in [9.17, 15) is 13.6 Å². The molecule has 2 aromatic carbocycles. The number of benzene rings is 2. The maximum Gasteiger partial charge on any atom is 0.282 e. The maximum atomic E-state index is 13.4. The number of fused-ring (bicyclic) bond motifs is 5. The number of hydrogen-bond acceptors (Lipinski definition) is 3. The number of aryl methyl sites for hydroxylation is 3. The number of likely N-dealkylation sites (tertiary alicyclic amines) is 1. The van der Waals surface area contributed by atoms with Crippen molar-refractivity contribution in [1.82, 2.24) is 14.5 Å². The zero-order valence-electron chi connectivity index (χ0n) is 17.5. The van der Waals surface area contributed by atoms with Crippen LogP contribution in [-0.4, -0.2) is 39.4 Å². The molecule has 0 bridgehead atoms. The molecule has 3 aliphatic rings. The average molecular weight is 423 g/mol. The number of imidazole rings is 1. The molecule has 3 aromatic rings. The van der Waals surface area contributed by atoms with E-state index in [1.807, 2.05) is 24.6 Å². The van der Waals surface area contributed by atoms with Crippen molar-refractivity contribution in [1.29, 1.82) is 0 Å². The maximum absolute atomic E-state index is 13.4. The van der Waals surface area contributed by atoms with Crippen LogP contribution in [0.25, 0.3) is 11.0 Å². The number of ether oxygens (including phenoxy) is 1. The van der Waals surface area contributed by atoms with E-state index in [1.54, 1.807) is 6.07 Å². The first kappa shape index (κ1) is 18.8. The van der Waals surface area contributed by atoms with E-state index < -0.39 is 24.6 Å². The van der Waals surface area contributed by atoms with Crippen LogP contribution < -0.4 is 4.74 Å². The average Bonchev–Trinajstić information content (AvgIpc) is 3.23. The normalized spacial score (nSPS) is 23.4. The zero-order chi connectivity index (χ0) is 21.5. The standard InChI is InChI=1S/C24H23F2N3O2/c1-14-27-20-19(28(14)2)11-17(22(30)29-12-24(25,26)13-29)16-8-10-23(31-21(16)20)9-7-15-5-3-4-6-18(15)23/h3-6,11H,7-10,12-13H2,1-2H3. The Morgan fingerprint density at radius 2 is 1.90 bits per heavy atom. The molecule has 5 nitrogen and oxygen atoms in total. The van der Waals surface area contributed by atoms with E-state index >= 15 is 0 Å². The van der Waals surface area contributed by atoms with Crippen LogP contribution in [0, 0.1) is 6.92 Å². The van der Waals surface area contributed by atoms with Gasteiger partial charge < -0.3 is 14.2 Å². The first-order valence-electron chi connectivity index (χ1n) is 10.7. The molecular weight excluding hydrogens is 400 g/mol. The SMILES string of the molecule is Cc1nc2c3c(c(C(=O)N4CC(F)(F)C4)cc2n1C)CCC1(CCc2ccccc21)O3. The Bertz CT molecular complexity index is 1260. The Hall–Kier alpha value is -2.96. The van der Waals surface area contributed by atoms with Crippen LogP contribution in [0.15, 0.2) is 30.3 Å². The highest BCUT2D eigenvalue weighted by atomic mass is 19.3. The van der Waals surface area contributed by atoms with Crippen molar-refractivity contribution < 1.29 is 18.3 Å². The summed E-state index contributed by atoms with van der Waals surface area (Å²) in [5.41, 5.74) is 4.87. The molecule has 2 aliphatic heterocycles. The van der Waals surface area contributed by atoms with Crippen LogP contribution in [0.5, 0.6) is 5.75 Å². The van der Waals surface area contributed by atoms with Crippen molar-refractivity contribution in [2.24, 2.45) is 7.05 Å². The van der Waals surface area contributed by atoms with Crippen LogP contribution in [0.4, 0.5) is 8.78 Å². The summed E-state index contributed by atoms with van der Waals surface area (Å²) in [6.45, 7) is 0.857. The van der Waals surface area contributed by atoms with Crippen molar-refractivity contribution >= 4 is 16.9 Å². The number of carbonyl (C=O) groups is 1. The Morgan fingerprint density at radius 1 is 1.16 bits per heavy atom. The summed E-state index contributed by atoms with van der Waals surface area (Å²) < 4.78 is 35.5. The van der Waals surface area contributed by atoms with Crippen LogP contribution in [0.3, 0.4) is 0 Å². The van der Waals surface area contributed by atoms with Gasteiger partial charge in [0.25, 0.3) is 11.8 Å². The van der Waals surface area contributed by atoms with Gasteiger partial charge in [0.05, 0.1) is 18.6 Å². The molecule has 1 atom stereocenters. The molecule has 3 heterocycles. The van der Waals surface area contributed by atoms with E-state index in [0.717, 1.165) is 41.7 Å². The highest BCUT2D eigenvalue weighted by Crippen LogP contribution is 2.50. The summed E-state index contributed by atoms with van der Waals surface area (Å²) in [7, 11) is 1.90. The van der Waals surface area contributed by atoms with E-state index in [4.69, 9.17) is 9.72 Å². The molecule has 160 valence electrons. The summed E-state index contributed by atoms with van der Waals surface area (Å²) in [5.74, 6) is -1.70. The molecule has 1 fully saturated rings. The van der Waals surface area contributed by atoms with Crippen molar-refractivity contribution in [3.63, 3.8) is 0 Å². The molecular formula is C24H23F2N3O2. The van der Waals surface area contributed by atoms with Crippen LogP contribution >= 0.6 is 0 Å². The molecule has 0 N–H and O–H groups in total. The smallest absolute Gasteiger partial charge is 0.282 e. The second-order valence-corrected chi connectivity index (χ2v) is 9.09. The minimum Gasteiger partial charge on any atom is -0.480 e.